The second-order valence-electron chi connectivity index (χ2n) is 5.22. The third-order valence-electron chi connectivity index (χ3n) is 3.84. The van der Waals surface area contributed by atoms with Gasteiger partial charge in [-0.2, -0.15) is 0 Å². The Morgan fingerprint density at radius 2 is 1.91 bits per heavy atom. The maximum atomic E-state index is 14.3. The van der Waals surface area contributed by atoms with E-state index in [0.29, 0.717) is 27.5 Å². The van der Waals surface area contributed by atoms with Crippen molar-refractivity contribution in [2.24, 2.45) is 0 Å². The molecular weight excluding hydrogens is 281 g/mol. The minimum atomic E-state index is -0.389. The average molecular weight is 293 g/mol. The maximum absolute atomic E-state index is 14.3. The van der Waals surface area contributed by atoms with Gasteiger partial charge in [0.15, 0.2) is 0 Å². The molecular formula is C17H12FN3O. The summed E-state index contributed by atoms with van der Waals surface area (Å²) in [6, 6.07) is 12.3. The molecule has 0 amide bonds. The third-order valence-corrected chi connectivity index (χ3v) is 3.84. The summed E-state index contributed by atoms with van der Waals surface area (Å²) in [7, 11) is 0. The monoisotopic (exact) mass is 293 g/mol. The first-order chi connectivity index (χ1) is 10.7. The summed E-state index contributed by atoms with van der Waals surface area (Å²) >= 11 is 0. The van der Waals surface area contributed by atoms with Gasteiger partial charge < -0.3 is 0 Å². The summed E-state index contributed by atoms with van der Waals surface area (Å²) in [4.78, 5) is 16.8. The summed E-state index contributed by atoms with van der Waals surface area (Å²) in [5.74, 6) is -0.389. The molecule has 0 spiro atoms. The van der Waals surface area contributed by atoms with E-state index in [1.165, 1.54) is 16.9 Å². The zero-order valence-corrected chi connectivity index (χ0v) is 11.8. The Balaban J connectivity index is 2.17. The molecule has 0 aliphatic carbocycles. The molecule has 0 radical (unpaired) electrons. The molecule has 2 heterocycles. The number of nitrogens with one attached hydrogen (secondary N) is 1. The van der Waals surface area contributed by atoms with Crippen LogP contribution in [0.2, 0.25) is 0 Å². The van der Waals surface area contributed by atoms with Gasteiger partial charge in [0.25, 0.3) is 5.56 Å². The van der Waals surface area contributed by atoms with Crippen LogP contribution in [0, 0.1) is 12.7 Å². The molecule has 0 bridgehead atoms. The van der Waals surface area contributed by atoms with Crippen LogP contribution < -0.4 is 5.56 Å². The molecule has 0 saturated heterocycles. The molecule has 0 saturated carbocycles. The predicted molar refractivity (Wildman–Crippen MR) is 83.9 cm³/mol. The highest BCUT2D eigenvalue weighted by atomic mass is 19.1. The minimum Gasteiger partial charge on any atom is -0.289 e. The van der Waals surface area contributed by atoms with Crippen LogP contribution in [0.5, 0.6) is 0 Å². The first kappa shape index (κ1) is 12.8. The van der Waals surface area contributed by atoms with E-state index in [2.05, 4.69) is 10.1 Å². The maximum Gasteiger partial charge on any atom is 0.280 e. The highest BCUT2D eigenvalue weighted by Crippen LogP contribution is 2.25. The molecule has 1 N–H and O–H groups in total. The van der Waals surface area contributed by atoms with E-state index in [9.17, 15) is 9.18 Å². The van der Waals surface area contributed by atoms with Crippen LogP contribution in [-0.4, -0.2) is 14.8 Å². The van der Waals surface area contributed by atoms with Crippen LogP contribution >= 0.6 is 0 Å². The fourth-order valence-electron chi connectivity index (χ4n) is 2.72. The molecule has 108 valence electrons. The van der Waals surface area contributed by atoms with Gasteiger partial charge in [-0.15, -0.1) is 0 Å². The van der Waals surface area contributed by atoms with Gasteiger partial charge in [-0.1, -0.05) is 24.3 Å². The first-order valence-electron chi connectivity index (χ1n) is 6.91. The van der Waals surface area contributed by atoms with Crippen molar-refractivity contribution in [3.05, 3.63) is 70.4 Å². The number of aryl methyl sites for hydroxylation is 1. The zero-order chi connectivity index (χ0) is 15.3. The number of pyridine rings is 1. The van der Waals surface area contributed by atoms with Gasteiger partial charge in [0.2, 0.25) is 0 Å². The molecule has 2 aromatic carbocycles. The van der Waals surface area contributed by atoms with Crippen LogP contribution in [-0.2, 0) is 0 Å². The summed E-state index contributed by atoms with van der Waals surface area (Å²) in [6.45, 7) is 1.87. The number of hydrogen-bond donors (Lipinski definition) is 1. The Kier molecular flexibility index (Phi) is 2.63. The zero-order valence-electron chi connectivity index (χ0n) is 11.8. The van der Waals surface area contributed by atoms with Crippen molar-refractivity contribution in [3.8, 4) is 5.69 Å². The molecule has 4 aromatic rings. The molecule has 22 heavy (non-hydrogen) atoms. The summed E-state index contributed by atoms with van der Waals surface area (Å²) < 4.78 is 15.7. The lowest BCUT2D eigenvalue weighted by Gasteiger charge is -2.03. The van der Waals surface area contributed by atoms with E-state index in [4.69, 9.17) is 0 Å². The summed E-state index contributed by atoms with van der Waals surface area (Å²) in [5.41, 5.74) is 2.36. The van der Waals surface area contributed by atoms with Gasteiger partial charge in [-0.05, 0) is 30.7 Å². The number of H-pyrrole nitrogens is 1. The van der Waals surface area contributed by atoms with E-state index < -0.39 is 0 Å². The van der Waals surface area contributed by atoms with Crippen LogP contribution in [0.1, 0.15) is 5.56 Å². The quantitative estimate of drug-likeness (QED) is 0.585. The smallest absolute Gasteiger partial charge is 0.280 e. The van der Waals surface area contributed by atoms with Crippen molar-refractivity contribution in [2.75, 3.05) is 0 Å². The van der Waals surface area contributed by atoms with Crippen molar-refractivity contribution in [2.45, 2.75) is 6.92 Å². The van der Waals surface area contributed by atoms with Gasteiger partial charge in [-0.25, -0.2) is 9.07 Å². The largest absolute Gasteiger partial charge is 0.289 e. The minimum absolute atomic E-state index is 0.239. The lowest BCUT2D eigenvalue weighted by Crippen LogP contribution is -2.13. The standard InChI is InChI=1S/C17H12FN3O/c1-10-7-8-13(18)14-15(10)19-9-12-16(14)20-21(17(12)22)11-5-3-2-4-6-11/h2-9,20H,1H3. The molecule has 0 atom stereocenters. The second kappa shape index (κ2) is 4.53. The number of benzene rings is 2. The molecule has 0 aliphatic rings. The summed E-state index contributed by atoms with van der Waals surface area (Å²) in [6.07, 6.45) is 1.50. The van der Waals surface area contributed by atoms with Gasteiger partial charge in [0, 0.05) is 6.20 Å². The van der Waals surface area contributed by atoms with Crippen molar-refractivity contribution < 1.29 is 4.39 Å². The molecule has 4 nitrogen and oxygen atoms in total. The molecule has 5 heteroatoms. The van der Waals surface area contributed by atoms with Crippen molar-refractivity contribution in [1.29, 1.82) is 0 Å². The Morgan fingerprint density at radius 3 is 2.68 bits per heavy atom. The number of para-hydroxylation sites is 1. The fraction of sp³-hybridized carbons (Fsp3) is 0.0588. The van der Waals surface area contributed by atoms with Gasteiger partial charge in [0.1, 0.15) is 5.82 Å². The lowest BCUT2D eigenvalue weighted by molar-refractivity contribution is 0.640. The molecule has 0 aliphatic heterocycles. The number of aromatic nitrogens is 3. The van der Waals surface area contributed by atoms with Gasteiger partial charge in [-0.3, -0.25) is 14.9 Å². The Labute approximate surface area is 124 Å². The Hall–Kier alpha value is -2.95. The van der Waals surface area contributed by atoms with Crippen molar-refractivity contribution >= 4 is 21.8 Å². The Morgan fingerprint density at radius 1 is 1.14 bits per heavy atom. The average Bonchev–Trinajstić information content (AvgIpc) is 2.89. The number of aromatic amines is 1. The van der Waals surface area contributed by atoms with E-state index in [1.807, 2.05) is 37.3 Å². The van der Waals surface area contributed by atoms with Gasteiger partial charge in [0.05, 0.1) is 27.5 Å². The van der Waals surface area contributed by atoms with Crippen molar-refractivity contribution in [1.82, 2.24) is 14.8 Å². The predicted octanol–water partition coefficient (Wildman–Crippen LogP) is 3.31. The van der Waals surface area contributed by atoms with Crippen LogP contribution in [0.3, 0.4) is 0 Å². The number of fused-ring (bicyclic) bond motifs is 3. The van der Waals surface area contributed by atoms with Crippen LogP contribution in [0.25, 0.3) is 27.5 Å². The normalized spacial score (nSPS) is 11.4. The van der Waals surface area contributed by atoms with Crippen LogP contribution in [0.4, 0.5) is 4.39 Å². The highest BCUT2D eigenvalue weighted by Gasteiger charge is 2.15. The fourth-order valence-corrected chi connectivity index (χ4v) is 2.72. The van der Waals surface area contributed by atoms with Crippen LogP contribution in [0.15, 0.2) is 53.5 Å². The number of halogens is 1. The van der Waals surface area contributed by atoms with E-state index in [1.54, 1.807) is 6.07 Å². The molecule has 0 unspecified atom stereocenters. The molecule has 0 fully saturated rings. The number of nitrogens with zero attached hydrogens (tertiary/aromatic N) is 2. The first-order valence-corrected chi connectivity index (χ1v) is 6.91. The van der Waals surface area contributed by atoms with E-state index in [0.717, 1.165) is 5.56 Å². The van der Waals surface area contributed by atoms with E-state index in [-0.39, 0.29) is 11.4 Å². The topological polar surface area (TPSA) is 50.7 Å². The van der Waals surface area contributed by atoms with Crippen molar-refractivity contribution in [3.63, 3.8) is 0 Å². The van der Waals surface area contributed by atoms with E-state index >= 15 is 0 Å². The van der Waals surface area contributed by atoms with Gasteiger partial charge >= 0.3 is 0 Å². The lowest BCUT2D eigenvalue weighted by atomic mass is 10.1. The third kappa shape index (κ3) is 1.69. The second-order valence-corrected chi connectivity index (χ2v) is 5.22. The highest BCUT2D eigenvalue weighted by molar-refractivity contribution is 6.04. The SMILES string of the molecule is Cc1ccc(F)c2c1ncc1c(=O)n(-c3ccccc3)[nH]c12. The molecule has 4 rings (SSSR count). The molecule has 2 aromatic heterocycles. The summed E-state index contributed by atoms with van der Waals surface area (Å²) in [5, 5.41) is 3.74. The Bertz CT molecular complexity index is 1060. The number of rotatable bonds is 1. The number of hydrogen-bond acceptors (Lipinski definition) is 2.